The number of ether oxygens (including phenoxy) is 2. The van der Waals surface area contributed by atoms with Gasteiger partial charge in [0.25, 0.3) is 5.91 Å². The van der Waals surface area contributed by atoms with Gasteiger partial charge < -0.3 is 24.6 Å². The highest BCUT2D eigenvalue weighted by molar-refractivity contribution is 6.08. The van der Waals surface area contributed by atoms with E-state index in [1.54, 1.807) is 51.5 Å². The number of carbonyl (C=O) groups is 1. The summed E-state index contributed by atoms with van der Waals surface area (Å²) in [6.45, 7) is 1.65. The first-order valence-electron chi connectivity index (χ1n) is 11.2. The fourth-order valence-corrected chi connectivity index (χ4v) is 3.89. The number of halogens is 1. The summed E-state index contributed by atoms with van der Waals surface area (Å²) in [4.78, 5) is 21.7. The van der Waals surface area contributed by atoms with E-state index >= 15 is 0 Å². The normalized spacial score (nSPS) is 10.8. The van der Waals surface area contributed by atoms with Crippen LogP contribution in [-0.2, 0) is 0 Å². The minimum atomic E-state index is -0.387. The van der Waals surface area contributed by atoms with Crippen molar-refractivity contribution in [3.8, 4) is 22.8 Å². The summed E-state index contributed by atoms with van der Waals surface area (Å²) in [5.41, 5.74) is 3.22. The molecule has 5 aromatic rings. The maximum atomic E-state index is 13.3. The van der Waals surface area contributed by atoms with Gasteiger partial charge in [-0.2, -0.15) is 0 Å². The number of methoxy groups -OCH3 is 2. The monoisotopic (exact) mass is 499 g/mol. The molecule has 0 bridgehead atoms. The first kappa shape index (κ1) is 23.7. The lowest BCUT2D eigenvalue weighted by Crippen LogP contribution is -2.13. The molecular weight excluding hydrogens is 477 g/mol. The van der Waals surface area contributed by atoms with E-state index in [4.69, 9.17) is 14.0 Å². The number of carbonyl (C=O) groups excluding carboxylic acids is 1. The number of hydrogen-bond acceptors (Lipinski definition) is 8. The van der Waals surface area contributed by atoms with E-state index in [9.17, 15) is 9.18 Å². The Morgan fingerprint density at radius 1 is 0.919 bits per heavy atom. The van der Waals surface area contributed by atoms with Crippen molar-refractivity contribution in [3.05, 3.63) is 84.1 Å². The van der Waals surface area contributed by atoms with E-state index in [1.807, 2.05) is 18.2 Å². The molecule has 0 aliphatic carbocycles. The van der Waals surface area contributed by atoms with Crippen molar-refractivity contribution >= 4 is 34.0 Å². The number of fused-ring (bicyclic) bond motifs is 1. The summed E-state index contributed by atoms with van der Waals surface area (Å²) in [7, 11) is 3.13. The molecule has 10 heteroatoms. The van der Waals surface area contributed by atoms with Crippen LogP contribution in [0.25, 0.3) is 22.2 Å². The Morgan fingerprint density at radius 3 is 2.30 bits per heavy atom. The summed E-state index contributed by atoms with van der Waals surface area (Å²) in [6.07, 6.45) is 1.46. The number of hydrogen-bond donors (Lipinski definition) is 2. The summed E-state index contributed by atoms with van der Waals surface area (Å²) >= 11 is 0. The van der Waals surface area contributed by atoms with Crippen molar-refractivity contribution in [1.82, 2.24) is 15.1 Å². The van der Waals surface area contributed by atoms with Gasteiger partial charge in [0.1, 0.15) is 35.0 Å². The van der Waals surface area contributed by atoms with Gasteiger partial charge in [0.15, 0.2) is 11.5 Å². The van der Waals surface area contributed by atoms with E-state index in [-0.39, 0.29) is 17.3 Å². The topological polar surface area (TPSA) is 111 Å². The lowest BCUT2D eigenvalue weighted by molar-refractivity contribution is 0.102. The zero-order valence-electron chi connectivity index (χ0n) is 20.2. The van der Waals surface area contributed by atoms with Crippen molar-refractivity contribution < 1.29 is 23.2 Å². The van der Waals surface area contributed by atoms with Gasteiger partial charge in [0.05, 0.1) is 19.7 Å². The molecule has 0 atom stereocenters. The fourth-order valence-electron chi connectivity index (χ4n) is 3.89. The minimum absolute atomic E-state index is 0.283. The minimum Gasteiger partial charge on any atom is -0.493 e. The van der Waals surface area contributed by atoms with Gasteiger partial charge in [-0.15, -0.1) is 0 Å². The number of benzene rings is 3. The molecule has 2 heterocycles. The van der Waals surface area contributed by atoms with E-state index < -0.39 is 0 Å². The van der Waals surface area contributed by atoms with Crippen LogP contribution in [0.15, 0.2) is 71.5 Å². The average molecular weight is 500 g/mol. The largest absolute Gasteiger partial charge is 0.493 e. The highest BCUT2D eigenvalue weighted by atomic mass is 19.1. The Hall–Kier alpha value is -4.99. The highest BCUT2D eigenvalue weighted by Gasteiger charge is 2.22. The molecular formula is C27H22FN5O4. The van der Waals surface area contributed by atoms with E-state index in [0.717, 1.165) is 11.1 Å². The van der Waals surface area contributed by atoms with Gasteiger partial charge in [-0.05, 0) is 61.5 Å². The third-order valence-corrected chi connectivity index (χ3v) is 5.75. The van der Waals surface area contributed by atoms with Crippen molar-refractivity contribution in [2.75, 3.05) is 24.9 Å². The quantitative estimate of drug-likeness (QED) is 0.291. The van der Waals surface area contributed by atoms with Crippen LogP contribution in [0.3, 0.4) is 0 Å². The van der Waals surface area contributed by atoms with Gasteiger partial charge in [-0.25, -0.2) is 14.4 Å². The zero-order valence-corrected chi connectivity index (χ0v) is 20.2. The molecule has 2 aromatic heterocycles. The molecule has 0 fully saturated rings. The number of rotatable bonds is 7. The summed E-state index contributed by atoms with van der Waals surface area (Å²) in [5.74, 6) is 1.32. The van der Waals surface area contributed by atoms with Gasteiger partial charge >= 0.3 is 0 Å². The molecule has 1 amide bonds. The molecule has 37 heavy (non-hydrogen) atoms. The van der Waals surface area contributed by atoms with Gasteiger partial charge in [0.2, 0.25) is 0 Å². The molecule has 2 N–H and O–H groups in total. The Bertz CT molecular complexity index is 1580. The van der Waals surface area contributed by atoms with Crippen LogP contribution in [0, 0.1) is 12.7 Å². The summed E-state index contributed by atoms with van der Waals surface area (Å²) in [5, 5.41) is 10.9. The first-order chi connectivity index (χ1) is 18.0. The van der Waals surface area contributed by atoms with Crippen LogP contribution in [-0.4, -0.2) is 35.3 Å². The smallest absolute Gasteiger partial charge is 0.261 e. The summed E-state index contributed by atoms with van der Waals surface area (Å²) in [6, 6.07) is 16.4. The van der Waals surface area contributed by atoms with E-state index in [2.05, 4.69) is 25.8 Å². The zero-order chi connectivity index (χ0) is 25.9. The molecule has 0 radical (unpaired) electrons. The molecule has 0 unspecified atom stereocenters. The second-order valence-corrected chi connectivity index (χ2v) is 8.07. The highest BCUT2D eigenvalue weighted by Crippen LogP contribution is 2.34. The lowest BCUT2D eigenvalue weighted by atomic mass is 10.1. The van der Waals surface area contributed by atoms with Crippen LogP contribution in [0.4, 0.5) is 21.6 Å². The molecule has 0 saturated carbocycles. The second kappa shape index (κ2) is 9.94. The number of nitrogens with one attached hydrogen (secondary N) is 2. The second-order valence-electron chi connectivity index (χ2n) is 8.07. The van der Waals surface area contributed by atoms with Gasteiger partial charge in [0, 0.05) is 28.4 Å². The third kappa shape index (κ3) is 4.76. The summed E-state index contributed by atoms with van der Waals surface area (Å²) < 4.78 is 29.3. The average Bonchev–Trinajstić information content (AvgIpc) is 3.31. The SMILES string of the molecule is COc1cc2ncnc(Nc3ccc(NC(=O)c4c(-c5ccc(F)cc5)noc4C)cc3)c2cc1OC. The molecule has 5 rings (SSSR count). The molecule has 0 aliphatic heterocycles. The van der Waals surface area contributed by atoms with E-state index in [0.29, 0.717) is 45.5 Å². The predicted molar refractivity (Wildman–Crippen MR) is 137 cm³/mol. The van der Waals surface area contributed by atoms with Crippen molar-refractivity contribution in [2.24, 2.45) is 0 Å². The Kier molecular flexibility index (Phi) is 6.38. The molecule has 0 aliphatic rings. The van der Waals surface area contributed by atoms with Gasteiger partial charge in [-0.3, -0.25) is 4.79 Å². The van der Waals surface area contributed by atoms with Crippen molar-refractivity contribution in [2.45, 2.75) is 6.92 Å². The lowest BCUT2D eigenvalue weighted by Gasteiger charge is -2.12. The number of amides is 1. The molecule has 186 valence electrons. The van der Waals surface area contributed by atoms with Crippen molar-refractivity contribution in [3.63, 3.8) is 0 Å². The van der Waals surface area contributed by atoms with Crippen LogP contribution >= 0.6 is 0 Å². The predicted octanol–water partition coefficient (Wildman–Crippen LogP) is 5.75. The Labute approximate surface area is 211 Å². The molecule has 0 spiro atoms. The van der Waals surface area contributed by atoms with Gasteiger partial charge in [-0.1, -0.05) is 5.16 Å². The maximum Gasteiger partial charge on any atom is 0.261 e. The first-order valence-corrected chi connectivity index (χ1v) is 11.2. The fraction of sp³-hybridized carbons (Fsp3) is 0.111. The number of aromatic nitrogens is 3. The Morgan fingerprint density at radius 2 is 1.59 bits per heavy atom. The number of nitrogens with zero attached hydrogens (tertiary/aromatic N) is 3. The molecule has 9 nitrogen and oxygen atoms in total. The van der Waals surface area contributed by atoms with Crippen LogP contribution in [0.2, 0.25) is 0 Å². The molecule has 3 aromatic carbocycles. The van der Waals surface area contributed by atoms with Crippen molar-refractivity contribution in [1.29, 1.82) is 0 Å². The number of aryl methyl sites for hydroxylation is 1. The number of anilines is 3. The van der Waals surface area contributed by atoms with Crippen LogP contribution in [0.1, 0.15) is 16.1 Å². The maximum absolute atomic E-state index is 13.3. The van der Waals surface area contributed by atoms with Crippen LogP contribution < -0.4 is 20.1 Å². The molecule has 0 saturated heterocycles. The standard InChI is InChI=1S/C27H22FN5O4/c1-15-24(25(33-37-15)16-4-6-17(28)7-5-16)27(34)32-19-10-8-18(9-11-19)31-26-20-12-22(35-2)23(36-3)13-21(20)29-14-30-26/h4-14H,1-3H3,(H,32,34)(H,29,30,31). The third-order valence-electron chi connectivity index (χ3n) is 5.75. The van der Waals surface area contributed by atoms with E-state index in [1.165, 1.54) is 18.5 Å². The Balaban J connectivity index is 1.35. The van der Waals surface area contributed by atoms with Crippen LogP contribution in [0.5, 0.6) is 11.5 Å².